The highest BCUT2D eigenvalue weighted by molar-refractivity contribution is 6.09. The summed E-state index contributed by atoms with van der Waals surface area (Å²) in [6.07, 6.45) is 0.397. The van der Waals surface area contributed by atoms with Gasteiger partial charge in [-0.2, -0.15) is 0 Å². The highest BCUT2D eigenvalue weighted by atomic mass is 19.1. The number of amides is 1. The van der Waals surface area contributed by atoms with Gasteiger partial charge in [0.1, 0.15) is 11.4 Å². The molecule has 1 saturated heterocycles. The minimum Gasteiger partial charge on any atom is -0.493 e. The molecule has 4 nitrogen and oxygen atoms in total. The quantitative estimate of drug-likeness (QED) is 0.365. The van der Waals surface area contributed by atoms with E-state index in [1.807, 2.05) is 63.2 Å². The summed E-state index contributed by atoms with van der Waals surface area (Å²) in [4.78, 5) is 14.5. The van der Waals surface area contributed by atoms with Gasteiger partial charge in [0.05, 0.1) is 7.11 Å². The highest BCUT2D eigenvalue weighted by Gasteiger charge is 2.33. The van der Waals surface area contributed by atoms with Crippen LogP contribution < -0.4 is 4.74 Å². The third-order valence-corrected chi connectivity index (χ3v) is 5.97. The van der Waals surface area contributed by atoms with Crippen LogP contribution in [0.5, 0.6) is 5.75 Å². The number of para-hydroxylation sites is 1. The molecule has 5 rings (SSSR count). The van der Waals surface area contributed by atoms with E-state index in [1.54, 1.807) is 18.1 Å². The van der Waals surface area contributed by atoms with Crippen molar-refractivity contribution in [3.63, 3.8) is 0 Å². The van der Waals surface area contributed by atoms with Gasteiger partial charge >= 0.3 is 0 Å². The molecule has 0 bridgehead atoms. The SMILES string of the molecule is CC.COc1ccc(C2CC(=O)N(Cc3ccc(C)cc3F)C2)c2c1oc1ccccc12. The summed E-state index contributed by atoms with van der Waals surface area (Å²) in [5.41, 5.74) is 3.97. The van der Waals surface area contributed by atoms with Crippen molar-refractivity contribution in [3.8, 4) is 5.75 Å². The maximum absolute atomic E-state index is 14.3. The molecule has 1 fully saturated rings. The van der Waals surface area contributed by atoms with E-state index in [0.29, 0.717) is 29.9 Å². The molecule has 1 aromatic heterocycles. The molecule has 0 aliphatic carbocycles. The number of nitrogens with zero attached hydrogens (tertiary/aromatic N) is 1. The second-order valence-corrected chi connectivity index (χ2v) is 7.93. The van der Waals surface area contributed by atoms with Gasteiger partial charge in [0, 0.05) is 41.8 Å². The smallest absolute Gasteiger partial charge is 0.223 e. The van der Waals surface area contributed by atoms with E-state index in [9.17, 15) is 9.18 Å². The maximum Gasteiger partial charge on any atom is 0.223 e. The number of hydrogen-bond acceptors (Lipinski definition) is 3. The number of halogens is 1. The van der Waals surface area contributed by atoms with Crippen LogP contribution >= 0.6 is 0 Å². The number of carbonyl (C=O) groups excluding carboxylic acids is 1. The van der Waals surface area contributed by atoms with Crippen LogP contribution in [-0.4, -0.2) is 24.5 Å². The highest BCUT2D eigenvalue weighted by Crippen LogP contribution is 2.42. The number of carbonyl (C=O) groups is 1. The van der Waals surface area contributed by atoms with E-state index < -0.39 is 0 Å². The molecule has 0 radical (unpaired) electrons. The molecule has 4 aromatic rings. The zero-order valence-corrected chi connectivity index (χ0v) is 18.9. The van der Waals surface area contributed by atoms with Crippen molar-refractivity contribution in [2.24, 2.45) is 0 Å². The lowest BCUT2D eigenvalue weighted by molar-refractivity contribution is -0.128. The van der Waals surface area contributed by atoms with Gasteiger partial charge in [0.15, 0.2) is 11.3 Å². The molecule has 1 unspecified atom stereocenters. The zero-order valence-electron chi connectivity index (χ0n) is 18.9. The fourth-order valence-corrected chi connectivity index (χ4v) is 4.45. The molecule has 1 amide bonds. The third-order valence-electron chi connectivity index (χ3n) is 5.97. The molecular formula is C27H28FNO3. The number of ether oxygens (including phenoxy) is 1. The molecule has 3 aromatic carbocycles. The summed E-state index contributed by atoms with van der Waals surface area (Å²) < 4.78 is 25.9. The average Bonchev–Trinajstić information content (AvgIpc) is 3.37. The van der Waals surface area contributed by atoms with Crippen LogP contribution in [0.1, 0.15) is 42.9 Å². The van der Waals surface area contributed by atoms with Crippen molar-refractivity contribution in [1.82, 2.24) is 4.90 Å². The van der Waals surface area contributed by atoms with Crippen LogP contribution in [0.2, 0.25) is 0 Å². The summed E-state index contributed by atoms with van der Waals surface area (Å²) in [5, 5.41) is 2.00. The molecule has 0 spiro atoms. The van der Waals surface area contributed by atoms with Gasteiger partial charge in [-0.05, 0) is 36.2 Å². The number of fused-ring (bicyclic) bond motifs is 3. The number of furan rings is 1. The fourth-order valence-electron chi connectivity index (χ4n) is 4.45. The van der Waals surface area contributed by atoms with Crippen LogP contribution in [0.3, 0.4) is 0 Å². The molecular weight excluding hydrogens is 405 g/mol. The van der Waals surface area contributed by atoms with Gasteiger partial charge in [-0.25, -0.2) is 4.39 Å². The number of rotatable bonds is 4. The molecule has 1 aliphatic heterocycles. The fraction of sp³-hybridized carbons (Fsp3) is 0.296. The first-order chi connectivity index (χ1) is 15.5. The lowest BCUT2D eigenvalue weighted by Crippen LogP contribution is -2.25. The summed E-state index contributed by atoms with van der Waals surface area (Å²) in [5.74, 6) is 0.462. The van der Waals surface area contributed by atoms with Crippen LogP contribution in [-0.2, 0) is 11.3 Å². The van der Waals surface area contributed by atoms with Crippen molar-refractivity contribution in [1.29, 1.82) is 0 Å². The predicted molar refractivity (Wildman–Crippen MR) is 126 cm³/mol. The van der Waals surface area contributed by atoms with Gasteiger partial charge in [0.2, 0.25) is 5.91 Å². The number of aryl methyl sites for hydroxylation is 1. The van der Waals surface area contributed by atoms with E-state index in [2.05, 4.69) is 0 Å². The Bertz CT molecular complexity index is 1280. The largest absolute Gasteiger partial charge is 0.493 e. The van der Waals surface area contributed by atoms with Crippen molar-refractivity contribution in [2.45, 2.75) is 39.7 Å². The Morgan fingerprint density at radius 2 is 1.91 bits per heavy atom. The van der Waals surface area contributed by atoms with E-state index in [4.69, 9.17) is 9.15 Å². The molecule has 166 valence electrons. The van der Waals surface area contributed by atoms with E-state index >= 15 is 0 Å². The molecule has 1 aliphatic rings. The molecule has 32 heavy (non-hydrogen) atoms. The normalized spacial score (nSPS) is 15.8. The molecule has 0 N–H and O–H groups in total. The summed E-state index contributed by atoms with van der Waals surface area (Å²) in [7, 11) is 1.62. The summed E-state index contributed by atoms with van der Waals surface area (Å²) in [6, 6.07) is 17.0. The second-order valence-electron chi connectivity index (χ2n) is 7.93. The summed E-state index contributed by atoms with van der Waals surface area (Å²) >= 11 is 0. The van der Waals surface area contributed by atoms with Crippen molar-refractivity contribution < 1.29 is 18.3 Å². The molecule has 5 heteroatoms. The van der Waals surface area contributed by atoms with Gasteiger partial charge in [-0.3, -0.25) is 4.79 Å². The zero-order chi connectivity index (χ0) is 22.8. The number of benzene rings is 3. The van der Waals surface area contributed by atoms with Gasteiger partial charge in [-0.15, -0.1) is 0 Å². The van der Waals surface area contributed by atoms with Gasteiger partial charge in [-0.1, -0.05) is 50.2 Å². The topological polar surface area (TPSA) is 42.7 Å². The minimum atomic E-state index is -0.265. The van der Waals surface area contributed by atoms with E-state index in [1.165, 1.54) is 6.07 Å². The van der Waals surface area contributed by atoms with Crippen LogP contribution in [0.25, 0.3) is 21.9 Å². The standard InChI is InChI=1S/C25H22FNO3.C2H6/c1-15-7-8-16(20(26)11-15)13-27-14-17(12-23(27)28)18-9-10-22(29-2)25-24(18)19-5-3-4-6-21(19)30-25;1-2/h3-11,17H,12-14H2,1-2H3;1-2H3. The third kappa shape index (κ3) is 3.83. The van der Waals surface area contributed by atoms with Crippen molar-refractivity contribution in [2.75, 3.05) is 13.7 Å². The Labute approximate surface area is 187 Å². The van der Waals surface area contributed by atoms with Crippen LogP contribution in [0, 0.1) is 12.7 Å². The van der Waals surface area contributed by atoms with E-state index in [-0.39, 0.29) is 24.2 Å². The minimum absolute atomic E-state index is 0.0143. The first kappa shape index (κ1) is 21.9. The Hall–Kier alpha value is -3.34. The lowest BCUT2D eigenvalue weighted by Gasteiger charge is -2.18. The predicted octanol–water partition coefficient (Wildman–Crippen LogP) is 6.58. The monoisotopic (exact) mass is 433 g/mol. The first-order valence-corrected chi connectivity index (χ1v) is 11.1. The average molecular weight is 434 g/mol. The Morgan fingerprint density at radius 1 is 1.12 bits per heavy atom. The molecule has 2 heterocycles. The van der Waals surface area contributed by atoms with Crippen LogP contribution in [0.15, 0.2) is 59.0 Å². The molecule has 0 saturated carbocycles. The molecule has 1 atom stereocenters. The van der Waals surface area contributed by atoms with Gasteiger partial charge < -0.3 is 14.1 Å². The first-order valence-electron chi connectivity index (χ1n) is 11.1. The number of methoxy groups -OCH3 is 1. The number of hydrogen-bond donors (Lipinski definition) is 0. The summed E-state index contributed by atoms with van der Waals surface area (Å²) in [6.45, 7) is 6.69. The van der Waals surface area contributed by atoms with Crippen molar-refractivity contribution in [3.05, 3.63) is 77.1 Å². The number of likely N-dealkylation sites (tertiary alicyclic amines) is 1. The van der Waals surface area contributed by atoms with Gasteiger partial charge in [0.25, 0.3) is 0 Å². The van der Waals surface area contributed by atoms with Crippen molar-refractivity contribution >= 4 is 27.8 Å². The lowest BCUT2D eigenvalue weighted by atomic mass is 9.93. The van der Waals surface area contributed by atoms with Crippen LogP contribution in [0.4, 0.5) is 4.39 Å². The second kappa shape index (κ2) is 9.03. The van der Waals surface area contributed by atoms with E-state index in [0.717, 1.165) is 27.5 Å². The Kier molecular flexibility index (Phi) is 6.17. The maximum atomic E-state index is 14.3. The Balaban J connectivity index is 0.00000119. The Morgan fingerprint density at radius 3 is 2.66 bits per heavy atom.